The average molecular weight is 322 g/mol. The maximum Gasteiger partial charge on any atom is 0.245 e. The van der Waals surface area contributed by atoms with Crippen LogP contribution in [0, 0.1) is 5.82 Å². The molecular weight excluding hydrogens is 309 g/mol. The van der Waals surface area contributed by atoms with Crippen molar-refractivity contribution in [2.45, 2.75) is 11.3 Å². The molecule has 1 saturated heterocycles. The second-order valence-corrected chi connectivity index (χ2v) is 6.66. The molecule has 1 heterocycles. The van der Waals surface area contributed by atoms with Crippen molar-refractivity contribution in [3.63, 3.8) is 0 Å². The Hall–Kier alpha value is -1.38. The van der Waals surface area contributed by atoms with Gasteiger partial charge in [-0.25, -0.2) is 12.8 Å². The van der Waals surface area contributed by atoms with Crippen LogP contribution in [0.5, 0.6) is 0 Å². The quantitative estimate of drug-likeness (QED) is 0.779. The lowest BCUT2D eigenvalue weighted by Crippen LogP contribution is -2.37. The van der Waals surface area contributed by atoms with E-state index in [0.717, 1.165) is 16.4 Å². The molecule has 1 fully saturated rings. The van der Waals surface area contributed by atoms with Crippen LogP contribution in [0.3, 0.4) is 0 Å². The molecule has 1 aliphatic rings. The SMILES string of the molecule is Nc1cc(S(=O)(=O)N2CCCNC(=O)C2)c(Cl)cc1F. The van der Waals surface area contributed by atoms with Gasteiger partial charge in [-0.1, -0.05) is 11.6 Å². The van der Waals surface area contributed by atoms with Crippen LogP contribution in [0.1, 0.15) is 6.42 Å². The topological polar surface area (TPSA) is 92.5 Å². The number of nitrogens with zero attached hydrogens (tertiary/aromatic N) is 1. The van der Waals surface area contributed by atoms with Crippen molar-refractivity contribution >= 4 is 33.2 Å². The summed E-state index contributed by atoms with van der Waals surface area (Å²) in [7, 11) is -3.99. The molecule has 0 aliphatic carbocycles. The monoisotopic (exact) mass is 321 g/mol. The van der Waals surface area contributed by atoms with Gasteiger partial charge in [-0.15, -0.1) is 0 Å². The van der Waals surface area contributed by atoms with Crippen molar-refractivity contribution in [1.82, 2.24) is 9.62 Å². The van der Waals surface area contributed by atoms with E-state index in [0.29, 0.717) is 13.0 Å². The molecule has 3 N–H and O–H groups in total. The highest BCUT2D eigenvalue weighted by Crippen LogP contribution is 2.29. The molecule has 6 nitrogen and oxygen atoms in total. The third kappa shape index (κ3) is 2.87. The minimum absolute atomic E-state index is 0.175. The molecular formula is C11H13ClFN3O3S. The van der Waals surface area contributed by atoms with Crippen molar-refractivity contribution < 1.29 is 17.6 Å². The number of carbonyl (C=O) groups excluding carboxylic acids is 1. The Balaban J connectivity index is 2.44. The Labute approximate surface area is 120 Å². The lowest BCUT2D eigenvalue weighted by Gasteiger charge is -2.19. The van der Waals surface area contributed by atoms with E-state index in [2.05, 4.69) is 5.32 Å². The molecule has 1 aliphatic heterocycles. The molecule has 0 saturated carbocycles. The van der Waals surface area contributed by atoms with Gasteiger partial charge in [0.25, 0.3) is 0 Å². The van der Waals surface area contributed by atoms with E-state index >= 15 is 0 Å². The number of nitrogens with two attached hydrogens (primary N) is 1. The van der Waals surface area contributed by atoms with E-state index in [9.17, 15) is 17.6 Å². The largest absolute Gasteiger partial charge is 0.396 e. The molecule has 0 radical (unpaired) electrons. The summed E-state index contributed by atoms with van der Waals surface area (Å²) >= 11 is 5.78. The second-order valence-electron chi connectivity index (χ2n) is 4.35. The maximum atomic E-state index is 13.2. The number of carbonyl (C=O) groups is 1. The van der Waals surface area contributed by atoms with Crippen LogP contribution in [0.15, 0.2) is 17.0 Å². The van der Waals surface area contributed by atoms with Crippen LogP contribution in [0.25, 0.3) is 0 Å². The van der Waals surface area contributed by atoms with Crippen molar-refractivity contribution in [1.29, 1.82) is 0 Å². The molecule has 0 unspecified atom stereocenters. The van der Waals surface area contributed by atoms with E-state index in [1.165, 1.54) is 0 Å². The van der Waals surface area contributed by atoms with Crippen LogP contribution in [0.4, 0.5) is 10.1 Å². The Bertz CT molecular complexity index is 651. The van der Waals surface area contributed by atoms with Gasteiger partial charge in [0.1, 0.15) is 10.7 Å². The molecule has 0 bridgehead atoms. The van der Waals surface area contributed by atoms with Crippen LogP contribution < -0.4 is 11.1 Å². The highest BCUT2D eigenvalue weighted by atomic mass is 35.5. The standard InChI is InChI=1S/C11H13ClFN3O3S/c12-7-4-8(13)9(14)5-10(7)20(18,19)16-3-1-2-15-11(17)6-16/h4-5H,1-3,6,14H2,(H,15,17). The van der Waals surface area contributed by atoms with Gasteiger partial charge in [0.15, 0.2) is 0 Å². The van der Waals surface area contributed by atoms with Gasteiger partial charge < -0.3 is 11.1 Å². The molecule has 0 aromatic heterocycles. The van der Waals surface area contributed by atoms with Crippen LogP contribution in [-0.4, -0.2) is 38.3 Å². The van der Waals surface area contributed by atoms with Crippen LogP contribution in [0.2, 0.25) is 5.02 Å². The lowest BCUT2D eigenvalue weighted by atomic mass is 10.3. The van der Waals surface area contributed by atoms with Crippen LogP contribution in [-0.2, 0) is 14.8 Å². The summed E-state index contributed by atoms with van der Waals surface area (Å²) in [5, 5.41) is 2.31. The molecule has 2 rings (SSSR count). The number of benzene rings is 1. The first kappa shape index (κ1) is 15.0. The first-order valence-corrected chi connectivity index (χ1v) is 7.65. The van der Waals surface area contributed by atoms with Gasteiger partial charge >= 0.3 is 0 Å². The number of sulfonamides is 1. The zero-order chi connectivity index (χ0) is 14.9. The fourth-order valence-electron chi connectivity index (χ4n) is 1.87. The van der Waals surface area contributed by atoms with Crippen LogP contribution >= 0.6 is 11.6 Å². The minimum Gasteiger partial charge on any atom is -0.396 e. The summed E-state index contributed by atoms with van der Waals surface area (Å²) in [4.78, 5) is 11.1. The van der Waals surface area contributed by atoms with Gasteiger partial charge in [-0.05, 0) is 18.6 Å². The van der Waals surface area contributed by atoms with E-state index < -0.39 is 21.7 Å². The first-order chi connectivity index (χ1) is 9.32. The van der Waals surface area contributed by atoms with E-state index in [-0.39, 0.29) is 28.7 Å². The third-order valence-electron chi connectivity index (χ3n) is 2.90. The number of amides is 1. The zero-order valence-electron chi connectivity index (χ0n) is 10.4. The number of hydrogen-bond donors (Lipinski definition) is 2. The van der Waals surface area contributed by atoms with Crippen molar-refractivity contribution in [2.75, 3.05) is 25.4 Å². The molecule has 1 amide bonds. The molecule has 9 heteroatoms. The minimum atomic E-state index is -3.99. The lowest BCUT2D eigenvalue weighted by molar-refractivity contribution is -0.120. The van der Waals surface area contributed by atoms with Gasteiger partial charge in [-0.3, -0.25) is 4.79 Å². The van der Waals surface area contributed by atoms with E-state index in [1.807, 2.05) is 0 Å². The summed E-state index contributed by atoms with van der Waals surface area (Å²) in [6, 6.07) is 1.82. The van der Waals surface area contributed by atoms with Gasteiger partial charge in [0.2, 0.25) is 15.9 Å². The van der Waals surface area contributed by atoms with Crippen molar-refractivity contribution in [3.8, 4) is 0 Å². The normalized spacial score (nSPS) is 17.6. The summed E-state index contributed by atoms with van der Waals surface area (Å²) in [6.07, 6.45) is 0.485. The smallest absolute Gasteiger partial charge is 0.245 e. The number of nitrogen functional groups attached to an aromatic ring is 1. The maximum absolute atomic E-state index is 13.2. The Morgan fingerprint density at radius 2 is 2.10 bits per heavy atom. The fraction of sp³-hybridized carbons (Fsp3) is 0.364. The number of hydrogen-bond acceptors (Lipinski definition) is 4. The molecule has 1 aromatic rings. The number of rotatable bonds is 2. The summed E-state index contributed by atoms with van der Waals surface area (Å²) in [5.41, 5.74) is 5.07. The second kappa shape index (κ2) is 5.55. The number of anilines is 1. The summed E-state index contributed by atoms with van der Waals surface area (Å²) in [6.45, 7) is 0.286. The first-order valence-electron chi connectivity index (χ1n) is 5.84. The molecule has 110 valence electrons. The Morgan fingerprint density at radius 3 is 2.80 bits per heavy atom. The molecule has 0 spiro atoms. The van der Waals surface area contributed by atoms with Gasteiger partial charge in [-0.2, -0.15) is 4.31 Å². The fourth-order valence-corrected chi connectivity index (χ4v) is 3.82. The summed E-state index contributed by atoms with van der Waals surface area (Å²) in [5.74, 6) is -1.18. The molecule has 1 aromatic carbocycles. The number of nitrogens with one attached hydrogen (secondary N) is 1. The highest BCUT2D eigenvalue weighted by Gasteiger charge is 2.30. The summed E-state index contributed by atoms with van der Waals surface area (Å²) < 4.78 is 39.1. The van der Waals surface area contributed by atoms with Crippen molar-refractivity contribution in [3.05, 3.63) is 23.0 Å². The average Bonchev–Trinajstić information content (AvgIpc) is 2.58. The zero-order valence-corrected chi connectivity index (χ0v) is 12.0. The third-order valence-corrected chi connectivity index (χ3v) is 5.21. The highest BCUT2D eigenvalue weighted by molar-refractivity contribution is 7.89. The molecule has 20 heavy (non-hydrogen) atoms. The molecule has 0 atom stereocenters. The van der Waals surface area contributed by atoms with E-state index in [4.69, 9.17) is 17.3 Å². The van der Waals surface area contributed by atoms with E-state index in [1.54, 1.807) is 0 Å². The Kier molecular flexibility index (Phi) is 4.17. The number of halogens is 2. The predicted octanol–water partition coefficient (Wildman–Crippen LogP) is 0.572. The Morgan fingerprint density at radius 1 is 1.40 bits per heavy atom. The van der Waals surface area contributed by atoms with Gasteiger partial charge in [0.05, 0.1) is 17.3 Å². The van der Waals surface area contributed by atoms with Crippen molar-refractivity contribution in [2.24, 2.45) is 0 Å². The van der Waals surface area contributed by atoms with Gasteiger partial charge in [0, 0.05) is 13.1 Å². The predicted molar refractivity (Wildman–Crippen MR) is 72.2 cm³/mol.